The number of carboxylic acids is 3. The van der Waals surface area contributed by atoms with E-state index < -0.39 is 17.9 Å². The average molecular weight is 369 g/mol. The molecule has 9 nitrogen and oxygen atoms in total. The van der Waals surface area contributed by atoms with Gasteiger partial charge in [0.1, 0.15) is 0 Å². The molecule has 0 spiro atoms. The van der Waals surface area contributed by atoms with Gasteiger partial charge in [0.2, 0.25) is 0 Å². The van der Waals surface area contributed by atoms with Crippen LogP contribution in [0.4, 0.5) is 0 Å². The SMILES string of the molecule is Cc1cc(C(=O)O)cc(C(=O)O)c1.O=C(O)c1cnn(-c2cccnc2)c1. The van der Waals surface area contributed by atoms with Crippen LogP contribution in [-0.2, 0) is 0 Å². The molecule has 3 aromatic rings. The first-order valence-corrected chi connectivity index (χ1v) is 7.54. The van der Waals surface area contributed by atoms with Gasteiger partial charge in [0.25, 0.3) is 0 Å². The van der Waals surface area contributed by atoms with Crippen molar-refractivity contribution in [2.75, 3.05) is 0 Å². The average Bonchev–Trinajstić information content (AvgIpc) is 3.13. The summed E-state index contributed by atoms with van der Waals surface area (Å²) in [6.45, 7) is 1.65. The first-order valence-electron chi connectivity index (χ1n) is 7.54. The summed E-state index contributed by atoms with van der Waals surface area (Å²) in [6.07, 6.45) is 6.00. The zero-order valence-corrected chi connectivity index (χ0v) is 14.1. The van der Waals surface area contributed by atoms with E-state index in [2.05, 4.69) is 10.1 Å². The maximum atomic E-state index is 10.6. The van der Waals surface area contributed by atoms with Crippen LogP contribution in [0.15, 0.2) is 55.1 Å². The number of hydrogen-bond donors (Lipinski definition) is 3. The van der Waals surface area contributed by atoms with Gasteiger partial charge in [-0.1, -0.05) is 0 Å². The first kappa shape index (κ1) is 19.3. The first-order chi connectivity index (χ1) is 12.8. The minimum absolute atomic E-state index is 0.00241. The molecule has 3 N–H and O–H groups in total. The van der Waals surface area contributed by atoms with E-state index >= 15 is 0 Å². The molecule has 138 valence electrons. The highest BCUT2D eigenvalue weighted by molar-refractivity contribution is 5.94. The molecule has 3 rings (SSSR count). The van der Waals surface area contributed by atoms with Crippen LogP contribution in [0.25, 0.3) is 5.69 Å². The Morgan fingerprint density at radius 3 is 1.93 bits per heavy atom. The minimum Gasteiger partial charge on any atom is -0.478 e. The van der Waals surface area contributed by atoms with Gasteiger partial charge < -0.3 is 15.3 Å². The topological polar surface area (TPSA) is 143 Å². The predicted molar refractivity (Wildman–Crippen MR) is 93.4 cm³/mol. The highest BCUT2D eigenvalue weighted by Crippen LogP contribution is 2.09. The molecule has 0 fully saturated rings. The number of aromatic carboxylic acids is 3. The Morgan fingerprint density at radius 1 is 0.889 bits per heavy atom. The summed E-state index contributed by atoms with van der Waals surface area (Å²) in [5.41, 5.74) is 1.51. The highest BCUT2D eigenvalue weighted by Gasteiger charge is 2.09. The van der Waals surface area contributed by atoms with E-state index in [1.54, 1.807) is 31.5 Å². The molecule has 0 saturated carbocycles. The number of nitrogens with zero attached hydrogens (tertiary/aromatic N) is 3. The molecule has 1 aromatic carbocycles. The monoisotopic (exact) mass is 369 g/mol. The molecule has 0 aliphatic rings. The molecular formula is C18H15N3O6. The lowest BCUT2D eigenvalue weighted by Crippen LogP contribution is -2.02. The van der Waals surface area contributed by atoms with Gasteiger partial charge in [-0.15, -0.1) is 0 Å². The number of carboxylic acid groups (broad SMARTS) is 3. The Morgan fingerprint density at radius 2 is 1.48 bits per heavy atom. The standard InChI is InChI=1S/C9H7N3O2.C9H8O4/c13-9(14)7-4-11-12(6-7)8-2-1-3-10-5-8;1-5-2-6(8(10)11)4-7(3-5)9(12)13/h1-6H,(H,13,14);2-4H,1H3,(H,10,11)(H,12,13). The smallest absolute Gasteiger partial charge is 0.338 e. The molecule has 0 aliphatic heterocycles. The fourth-order valence-corrected chi connectivity index (χ4v) is 2.09. The number of hydrogen-bond acceptors (Lipinski definition) is 5. The Kier molecular flexibility index (Phi) is 6.00. The fourth-order valence-electron chi connectivity index (χ4n) is 2.09. The van der Waals surface area contributed by atoms with E-state index in [-0.39, 0.29) is 16.7 Å². The van der Waals surface area contributed by atoms with Crippen molar-refractivity contribution in [2.45, 2.75) is 6.92 Å². The molecule has 0 unspecified atom stereocenters. The van der Waals surface area contributed by atoms with Crippen molar-refractivity contribution < 1.29 is 29.7 Å². The quantitative estimate of drug-likeness (QED) is 0.636. The van der Waals surface area contributed by atoms with Crippen LogP contribution in [0.2, 0.25) is 0 Å². The molecule has 2 heterocycles. The largest absolute Gasteiger partial charge is 0.478 e. The van der Waals surface area contributed by atoms with Gasteiger partial charge >= 0.3 is 17.9 Å². The van der Waals surface area contributed by atoms with Gasteiger partial charge in [0.05, 0.1) is 34.8 Å². The lowest BCUT2D eigenvalue weighted by atomic mass is 10.1. The van der Waals surface area contributed by atoms with Crippen LogP contribution >= 0.6 is 0 Å². The normalized spacial score (nSPS) is 9.81. The number of pyridine rings is 1. The van der Waals surface area contributed by atoms with Crippen molar-refractivity contribution in [1.82, 2.24) is 14.8 Å². The van der Waals surface area contributed by atoms with Crippen LogP contribution in [0, 0.1) is 6.92 Å². The molecule has 0 amide bonds. The van der Waals surface area contributed by atoms with Crippen LogP contribution in [0.5, 0.6) is 0 Å². The van der Waals surface area contributed by atoms with Crippen LogP contribution < -0.4 is 0 Å². The molecule has 2 aromatic heterocycles. The van der Waals surface area contributed by atoms with E-state index in [0.717, 1.165) is 11.8 Å². The van der Waals surface area contributed by atoms with Gasteiger partial charge in [-0.3, -0.25) is 4.98 Å². The van der Waals surface area contributed by atoms with E-state index in [1.165, 1.54) is 29.2 Å². The summed E-state index contributed by atoms with van der Waals surface area (Å²) in [5, 5.41) is 29.8. The molecule has 27 heavy (non-hydrogen) atoms. The second kappa shape index (κ2) is 8.39. The zero-order valence-electron chi connectivity index (χ0n) is 14.1. The predicted octanol–water partition coefficient (Wildman–Crippen LogP) is 2.36. The summed E-state index contributed by atoms with van der Waals surface area (Å²) >= 11 is 0. The van der Waals surface area contributed by atoms with E-state index in [1.807, 2.05) is 0 Å². The number of benzene rings is 1. The Balaban J connectivity index is 0.000000194. The molecular weight excluding hydrogens is 354 g/mol. The summed E-state index contributed by atoms with van der Waals surface area (Å²) in [6, 6.07) is 7.55. The van der Waals surface area contributed by atoms with Crippen LogP contribution in [-0.4, -0.2) is 48.0 Å². The summed E-state index contributed by atoms with van der Waals surface area (Å²) < 4.78 is 1.47. The number of aromatic nitrogens is 3. The number of aryl methyl sites for hydroxylation is 1. The molecule has 0 bridgehead atoms. The van der Waals surface area contributed by atoms with Crippen molar-refractivity contribution in [3.05, 3.63) is 77.4 Å². The third-order valence-corrected chi connectivity index (χ3v) is 3.31. The van der Waals surface area contributed by atoms with Crippen LogP contribution in [0.1, 0.15) is 36.6 Å². The van der Waals surface area contributed by atoms with Crippen molar-refractivity contribution in [1.29, 1.82) is 0 Å². The highest BCUT2D eigenvalue weighted by atomic mass is 16.4. The van der Waals surface area contributed by atoms with Gasteiger partial charge in [-0.25, -0.2) is 19.1 Å². The molecule has 0 aliphatic carbocycles. The summed E-state index contributed by atoms with van der Waals surface area (Å²) in [4.78, 5) is 35.6. The number of carbonyl (C=O) groups is 3. The van der Waals surface area contributed by atoms with Gasteiger partial charge in [-0.05, 0) is 42.8 Å². The maximum Gasteiger partial charge on any atom is 0.338 e. The minimum atomic E-state index is -1.12. The Hall–Kier alpha value is -4.01. The summed E-state index contributed by atoms with van der Waals surface area (Å²) in [7, 11) is 0. The van der Waals surface area contributed by atoms with E-state index in [4.69, 9.17) is 15.3 Å². The molecule has 0 saturated heterocycles. The third kappa shape index (κ3) is 5.23. The van der Waals surface area contributed by atoms with Crippen molar-refractivity contribution >= 4 is 17.9 Å². The molecule has 9 heteroatoms. The van der Waals surface area contributed by atoms with Crippen molar-refractivity contribution in [3.8, 4) is 5.69 Å². The van der Waals surface area contributed by atoms with E-state index in [9.17, 15) is 14.4 Å². The fraction of sp³-hybridized carbons (Fsp3) is 0.0556. The van der Waals surface area contributed by atoms with Crippen molar-refractivity contribution in [3.63, 3.8) is 0 Å². The Bertz CT molecular complexity index is 950. The number of rotatable bonds is 4. The lowest BCUT2D eigenvalue weighted by molar-refractivity contribution is 0.0682. The molecule has 0 atom stereocenters. The molecule has 0 radical (unpaired) electrons. The lowest BCUT2D eigenvalue weighted by Gasteiger charge is -1.99. The maximum absolute atomic E-state index is 10.6. The van der Waals surface area contributed by atoms with Crippen molar-refractivity contribution in [2.24, 2.45) is 0 Å². The second-order valence-electron chi connectivity index (χ2n) is 5.39. The Labute approximate surface area is 153 Å². The second-order valence-corrected chi connectivity index (χ2v) is 5.39. The van der Waals surface area contributed by atoms with Crippen LogP contribution in [0.3, 0.4) is 0 Å². The van der Waals surface area contributed by atoms with Gasteiger partial charge in [0, 0.05) is 12.4 Å². The van der Waals surface area contributed by atoms with E-state index in [0.29, 0.717) is 5.56 Å². The summed E-state index contributed by atoms with van der Waals surface area (Å²) in [5.74, 6) is -3.22. The zero-order chi connectivity index (χ0) is 20.0. The van der Waals surface area contributed by atoms with Gasteiger partial charge in [-0.2, -0.15) is 5.10 Å². The third-order valence-electron chi connectivity index (χ3n) is 3.31. The van der Waals surface area contributed by atoms with Gasteiger partial charge in [0.15, 0.2) is 0 Å².